The number of hydrogen-bond donors (Lipinski definition) is 2. The molecule has 0 amide bonds. The fourth-order valence-electron chi connectivity index (χ4n) is 0.607. The molecule has 0 aliphatic heterocycles. The van der Waals surface area contributed by atoms with Crippen LogP contribution in [0.5, 0.6) is 0 Å². The van der Waals surface area contributed by atoms with Crippen molar-refractivity contribution in [3.8, 4) is 0 Å². The first-order chi connectivity index (χ1) is 7.97. The van der Waals surface area contributed by atoms with E-state index in [-0.39, 0.29) is 5.17 Å². The lowest BCUT2D eigenvalue weighted by Gasteiger charge is -2.11. The van der Waals surface area contributed by atoms with E-state index in [2.05, 4.69) is 21.1 Å². The fraction of sp³-hybridized carbons (Fsp3) is 0.556. The normalized spacial score (nSPS) is 11.2. The Balaban J connectivity index is 4.03. The molecule has 6 nitrogen and oxygen atoms in total. The molecule has 0 saturated heterocycles. The fourth-order valence-corrected chi connectivity index (χ4v) is 0.823. The number of rotatable bonds is 4. The van der Waals surface area contributed by atoms with Gasteiger partial charge >= 0.3 is 0 Å². The zero-order valence-electron chi connectivity index (χ0n) is 10.4. The maximum atomic E-state index is 4.99. The quantitative estimate of drug-likeness (QED) is 0.447. The molecular weight excluding hydrogens is 258 g/mol. The summed E-state index contributed by atoms with van der Waals surface area (Å²) in [5.74, 6) is 0. The second kappa shape index (κ2) is 8.82. The number of nitrogens with zero attached hydrogens (tertiary/aromatic N) is 3. The van der Waals surface area contributed by atoms with E-state index in [4.69, 9.17) is 29.2 Å². The van der Waals surface area contributed by atoms with E-state index in [1.807, 2.05) is 21.0 Å². The molecule has 0 aliphatic rings. The Hall–Kier alpha value is -1.28. The summed E-state index contributed by atoms with van der Waals surface area (Å²) < 4.78 is 4.98. The predicted molar refractivity (Wildman–Crippen MR) is 78.4 cm³/mol. The van der Waals surface area contributed by atoms with Gasteiger partial charge in [-0.05, 0) is 38.3 Å². The number of nitrogens with one attached hydrogen (secondary N) is 2. The minimum Gasteiger partial charge on any atom is -0.470 e. The lowest BCUT2D eigenvalue weighted by atomic mass is 10.5. The highest BCUT2D eigenvalue weighted by atomic mass is 32.1. The molecule has 2 N–H and O–H groups in total. The van der Waals surface area contributed by atoms with E-state index in [0.717, 1.165) is 0 Å². The molecule has 0 atom stereocenters. The Labute approximate surface area is 112 Å². The molecule has 96 valence electrons. The van der Waals surface area contributed by atoms with Crippen molar-refractivity contribution >= 4 is 46.6 Å². The smallest absolute Gasteiger partial charge is 0.277 e. The number of ether oxygens (including phenoxy) is 1. The minimum absolute atomic E-state index is 0.230. The number of hydrazone groups is 2. The third kappa shape index (κ3) is 8.52. The lowest BCUT2D eigenvalue weighted by Crippen LogP contribution is -2.31. The lowest BCUT2D eigenvalue weighted by molar-refractivity contribution is 0.321. The van der Waals surface area contributed by atoms with Gasteiger partial charge in [0.25, 0.3) is 5.17 Å². The van der Waals surface area contributed by atoms with Crippen molar-refractivity contribution in [1.82, 2.24) is 15.8 Å². The van der Waals surface area contributed by atoms with Gasteiger partial charge in [-0.1, -0.05) is 0 Å². The van der Waals surface area contributed by atoms with Crippen LogP contribution in [-0.2, 0) is 4.74 Å². The highest BCUT2D eigenvalue weighted by Crippen LogP contribution is 1.80. The van der Waals surface area contributed by atoms with Crippen LogP contribution < -0.4 is 10.9 Å². The first-order valence-electron chi connectivity index (χ1n) is 4.94. The Kier molecular flexibility index (Phi) is 8.16. The Morgan fingerprint density at radius 3 is 2.53 bits per heavy atom. The van der Waals surface area contributed by atoms with Crippen molar-refractivity contribution in [3.63, 3.8) is 0 Å². The molecule has 0 rings (SSSR count). The van der Waals surface area contributed by atoms with Crippen molar-refractivity contribution in [1.29, 1.82) is 0 Å². The van der Waals surface area contributed by atoms with Crippen LogP contribution in [0.4, 0.5) is 0 Å². The van der Waals surface area contributed by atoms with Gasteiger partial charge in [-0.25, -0.2) is 5.43 Å². The van der Waals surface area contributed by atoms with E-state index in [1.165, 1.54) is 6.21 Å². The van der Waals surface area contributed by atoms with Crippen LogP contribution in [0.3, 0.4) is 0 Å². The van der Waals surface area contributed by atoms with Crippen LogP contribution in [0.2, 0.25) is 0 Å². The van der Waals surface area contributed by atoms with E-state index in [1.54, 1.807) is 11.8 Å². The average Bonchev–Trinajstić information content (AvgIpc) is 2.26. The molecule has 0 spiro atoms. The molecular formula is C9H17N5OS2. The molecule has 0 heterocycles. The summed E-state index contributed by atoms with van der Waals surface area (Å²) in [5, 5.41) is 8.60. The Morgan fingerprint density at radius 2 is 2.00 bits per heavy atom. The summed E-state index contributed by atoms with van der Waals surface area (Å²) in [6, 6.07) is 0. The van der Waals surface area contributed by atoms with Gasteiger partial charge < -0.3 is 9.64 Å². The van der Waals surface area contributed by atoms with Crippen LogP contribution >= 0.6 is 24.4 Å². The van der Waals surface area contributed by atoms with E-state index < -0.39 is 0 Å². The first-order valence-corrected chi connectivity index (χ1v) is 5.76. The van der Waals surface area contributed by atoms with Gasteiger partial charge in [-0.3, -0.25) is 5.43 Å². The van der Waals surface area contributed by atoms with Gasteiger partial charge in [0.1, 0.15) is 0 Å². The summed E-state index contributed by atoms with van der Waals surface area (Å²) >= 11 is 9.81. The molecule has 0 fully saturated rings. The molecule has 0 aromatic carbocycles. The van der Waals surface area contributed by atoms with Crippen LogP contribution in [0.1, 0.15) is 13.8 Å². The molecule has 0 radical (unpaired) electrons. The topological polar surface area (TPSA) is 61.2 Å². The average molecular weight is 275 g/mol. The van der Waals surface area contributed by atoms with Crippen molar-refractivity contribution in [2.75, 3.05) is 20.7 Å². The van der Waals surface area contributed by atoms with E-state index >= 15 is 0 Å². The zero-order chi connectivity index (χ0) is 13.3. The first kappa shape index (κ1) is 15.7. The zero-order valence-corrected chi connectivity index (χ0v) is 12.0. The second-order valence-electron chi connectivity index (χ2n) is 3.16. The summed E-state index contributed by atoms with van der Waals surface area (Å²) in [6.45, 7) is 4.13. The van der Waals surface area contributed by atoms with Crippen LogP contribution in [-0.4, -0.2) is 47.8 Å². The maximum Gasteiger partial charge on any atom is 0.277 e. The molecule has 0 bridgehead atoms. The third-order valence-electron chi connectivity index (χ3n) is 1.42. The molecule has 0 unspecified atom stereocenters. The van der Waals surface area contributed by atoms with Crippen molar-refractivity contribution in [2.45, 2.75) is 13.8 Å². The Morgan fingerprint density at radius 1 is 1.35 bits per heavy atom. The third-order valence-corrected chi connectivity index (χ3v) is 2.08. The Bertz CT molecular complexity index is 327. The van der Waals surface area contributed by atoms with Gasteiger partial charge in [0, 0.05) is 14.1 Å². The van der Waals surface area contributed by atoms with Crippen LogP contribution in [0.25, 0.3) is 0 Å². The predicted octanol–water partition coefficient (Wildman–Crippen LogP) is 0.695. The molecule has 17 heavy (non-hydrogen) atoms. The molecule has 0 saturated carbocycles. The monoisotopic (exact) mass is 275 g/mol. The minimum atomic E-state index is 0.230. The molecule has 0 aromatic heterocycles. The number of hydrogen-bond acceptors (Lipinski definition) is 5. The standard InChI is InChI=1S/C9H17N5OS2/c1-5-15-9(17)13-10-6-7(2)11-12-8(16)14(3)4/h6H,5H2,1-4H3,(H,12,16)(H,13,17)/b10-6+,11-7+. The second-order valence-corrected chi connectivity index (χ2v) is 3.91. The highest BCUT2D eigenvalue weighted by molar-refractivity contribution is 7.80. The van der Waals surface area contributed by atoms with Gasteiger partial charge in [-0.15, -0.1) is 0 Å². The van der Waals surface area contributed by atoms with Crippen molar-refractivity contribution in [2.24, 2.45) is 10.2 Å². The summed E-state index contributed by atoms with van der Waals surface area (Å²) in [7, 11) is 3.66. The molecule has 0 aromatic rings. The van der Waals surface area contributed by atoms with Gasteiger partial charge in [0.15, 0.2) is 5.11 Å². The van der Waals surface area contributed by atoms with E-state index in [0.29, 0.717) is 17.4 Å². The van der Waals surface area contributed by atoms with Gasteiger partial charge in [-0.2, -0.15) is 10.2 Å². The van der Waals surface area contributed by atoms with E-state index in [9.17, 15) is 0 Å². The van der Waals surface area contributed by atoms with Gasteiger partial charge in [0.05, 0.1) is 18.5 Å². The summed E-state index contributed by atoms with van der Waals surface area (Å²) in [6.07, 6.45) is 1.51. The van der Waals surface area contributed by atoms with Gasteiger partial charge in [0.2, 0.25) is 0 Å². The largest absolute Gasteiger partial charge is 0.470 e. The number of thiocarbonyl (C=S) groups is 2. The van der Waals surface area contributed by atoms with Crippen molar-refractivity contribution < 1.29 is 4.74 Å². The maximum absolute atomic E-state index is 4.99. The summed E-state index contributed by atoms with van der Waals surface area (Å²) in [4.78, 5) is 1.74. The van der Waals surface area contributed by atoms with Crippen LogP contribution in [0, 0.1) is 0 Å². The SMILES string of the molecule is CCOC(=S)N/N=C/C(C)=N/NC(=S)N(C)C. The van der Waals surface area contributed by atoms with Crippen molar-refractivity contribution in [3.05, 3.63) is 0 Å². The van der Waals surface area contributed by atoms with Crippen LogP contribution in [0.15, 0.2) is 10.2 Å². The molecule has 8 heteroatoms. The highest BCUT2D eigenvalue weighted by Gasteiger charge is 1.95. The molecule has 0 aliphatic carbocycles. The summed E-state index contributed by atoms with van der Waals surface area (Å²) in [5.41, 5.74) is 5.91.